The number of hydrogen-bond donors (Lipinski definition) is 2. The zero-order chi connectivity index (χ0) is 10.2. The fraction of sp³-hybridized carbons (Fsp3) is 0.556. The predicted molar refractivity (Wildman–Crippen MR) is 55.7 cm³/mol. The zero-order valence-electron chi connectivity index (χ0n) is 8.32. The Morgan fingerprint density at radius 3 is 2.23 bits per heavy atom. The van der Waals surface area contributed by atoms with Crippen molar-refractivity contribution in [1.82, 2.24) is 9.97 Å². The molecule has 0 radical (unpaired) electrons. The van der Waals surface area contributed by atoms with Crippen LogP contribution >= 0.6 is 12.2 Å². The number of H-pyrrole nitrogens is 2. The van der Waals surface area contributed by atoms with E-state index in [9.17, 15) is 4.79 Å². The van der Waals surface area contributed by atoms with Gasteiger partial charge in [0.05, 0.1) is 0 Å². The topological polar surface area (TPSA) is 48.6 Å². The van der Waals surface area contributed by atoms with E-state index < -0.39 is 0 Å². The van der Waals surface area contributed by atoms with Gasteiger partial charge in [-0.2, -0.15) is 0 Å². The van der Waals surface area contributed by atoms with Crippen molar-refractivity contribution in [2.75, 3.05) is 0 Å². The lowest BCUT2D eigenvalue weighted by molar-refractivity contribution is 0.559. The summed E-state index contributed by atoms with van der Waals surface area (Å²) in [5, 5.41) is 0. The van der Waals surface area contributed by atoms with Crippen molar-refractivity contribution in [3.05, 3.63) is 26.4 Å². The summed E-state index contributed by atoms with van der Waals surface area (Å²) < 4.78 is 0.389. The fourth-order valence-corrected chi connectivity index (χ4v) is 1.49. The second-order valence-electron chi connectivity index (χ2n) is 4.16. The smallest absolute Gasteiger partial charge is 0.254 e. The van der Waals surface area contributed by atoms with Crippen LogP contribution in [0.2, 0.25) is 0 Å². The lowest BCUT2D eigenvalue weighted by atomic mass is 9.89. The van der Waals surface area contributed by atoms with E-state index in [4.69, 9.17) is 12.2 Å². The van der Waals surface area contributed by atoms with Crippen LogP contribution in [0.3, 0.4) is 0 Å². The van der Waals surface area contributed by atoms with Crippen molar-refractivity contribution in [3.8, 4) is 0 Å². The fourth-order valence-electron chi connectivity index (χ4n) is 1.30. The van der Waals surface area contributed by atoms with Gasteiger partial charge in [-0.1, -0.05) is 20.8 Å². The second kappa shape index (κ2) is 3.10. The number of aromatic nitrogens is 2. The lowest BCUT2D eigenvalue weighted by Crippen LogP contribution is -2.23. The van der Waals surface area contributed by atoms with Gasteiger partial charge in [0.2, 0.25) is 0 Å². The molecular formula is C9H14N2OS. The maximum absolute atomic E-state index is 11.4. The summed E-state index contributed by atoms with van der Waals surface area (Å²) in [4.78, 5) is 16.9. The van der Waals surface area contributed by atoms with E-state index in [1.165, 1.54) is 0 Å². The Bertz CT molecular complexity index is 422. The average molecular weight is 198 g/mol. The van der Waals surface area contributed by atoms with Gasteiger partial charge in [-0.05, 0) is 19.1 Å². The van der Waals surface area contributed by atoms with Crippen molar-refractivity contribution in [3.63, 3.8) is 0 Å². The normalized spacial score (nSPS) is 11.7. The minimum Gasteiger partial charge on any atom is -0.335 e. The molecule has 0 aliphatic rings. The number of hydrogen-bond acceptors (Lipinski definition) is 2. The van der Waals surface area contributed by atoms with E-state index in [1.54, 1.807) is 6.92 Å². The van der Waals surface area contributed by atoms with Crippen LogP contribution in [-0.2, 0) is 5.41 Å². The molecule has 13 heavy (non-hydrogen) atoms. The summed E-state index contributed by atoms with van der Waals surface area (Å²) in [6.07, 6.45) is 0. The highest BCUT2D eigenvalue weighted by Crippen LogP contribution is 2.20. The molecule has 0 saturated carbocycles. The van der Waals surface area contributed by atoms with Gasteiger partial charge in [-0.3, -0.25) is 9.78 Å². The van der Waals surface area contributed by atoms with E-state index in [1.807, 2.05) is 20.8 Å². The summed E-state index contributed by atoms with van der Waals surface area (Å²) in [7, 11) is 0. The third kappa shape index (κ3) is 2.06. The molecule has 0 amide bonds. The largest absolute Gasteiger partial charge is 0.335 e. The van der Waals surface area contributed by atoms with E-state index >= 15 is 0 Å². The molecule has 1 heterocycles. The SMILES string of the molecule is Cc1c(C(C)(C)C)[nH]c(=S)[nH]c1=O. The summed E-state index contributed by atoms with van der Waals surface area (Å²) in [6, 6.07) is 0. The summed E-state index contributed by atoms with van der Waals surface area (Å²) in [5.41, 5.74) is 1.43. The molecule has 2 N–H and O–H groups in total. The maximum Gasteiger partial charge on any atom is 0.254 e. The molecule has 4 heteroatoms. The predicted octanol–water partition coefficient (Wildman–Crippen LogP) is 2.04. The maximum atomic E-state index is 11.4. The molecule has 1 aromatic heterocycles. The quantitative estimate of drug-likeness (QED) is 0.627. The van der Waals surface area contributed by atoms with Crippen molar-refractivity contribution in [2.45, 2.75) is 33.1 Å². The first kappa shape index (κ1) is 10.2. The minimum atomic E-state index is -0.103. The van der Waals surface area contributed by atoms with Crippen LogP contribution in [0.15, 0.2) is 4.79 Å². The van der Waals surface area contributed by atoms with Crippen LogP contribution in [0.1, 0.15) is 32.0 Å². The van der Waals surface area contributed by atoms with Crippen molar-refractivity contribution >= 4 is 12.2 Å². The molecule has 0 aromatic carbocycles. The standard InChI is InChI=1S/C9H14N2OS/c1-5-6(9(2,3)4)10-8(13)11-7(5)12/h1-4H3,(H2,10,11,12,13). The number of aromatic amines is 2. The van der Waals surface area contributed by atoms with Crippen molar-refractivity contribution in [1.29, 1.82) is 0 Å². The number of rotatable bonds is 0. The highest BCUT2D eigenvalue weighted by atomic mass is 32.1. The molecule has 0 saturated heterocycles. The van der Waals surface area contributed by atoms with Crippen LogP contribution in [0.25, 0.3) is 0 Å². The molecule has 72 valence electrons. The van der Waals surface area contributed by atoms with E-state index in [0.29, 0.717) is 10.3 Å². The van der Waals surface area contributed by atoms with Crippen LogP contribution in [0.5, 0.6) is 0 Å². The molecule has 3 nitrogen and oxygen atoms in total. The Labute approximate surface area is 82.2 Å². The third-order valence-corrected chi connectivity index (χ3v) is 2.14. The summed E-state index contributed by atoms with van der Waals surface area (Å²) >= 11 is 4.90. The van der Waals surface area contributed by atoms with Crippen LogP contribution in [-0.4, -0.2) is 9.97 Å². The Balaban J connectivity index is 3.56. The molecular weight excluding hydrogens is 184 g/mol. The highest BCUT2D eigenvalue weighted by molar-refractivity contribution is 7.71. The second-order valence-corrected chi connectivity index (χ2v) is 4.57. The Kier molecular flexibility index (Phi) is 2.43. The highest BCUT2D eigenvalue weighted by Gasteiger charge is 2.18. The molecule has 0 unspecified atom stereocenters. The van der Waals surface area contributed by atoms with E-state index in [-0.39, 0.29) is 11.0 Å². The van der Waals surface area contributed by atoms with E-state index in [0.717, 1.165) is 5.69 Å². The molecule has 0 bridgehead atoms. The van der Waals surface area contributed by atoms with Gasteiger partial charge in [-0.15, -0.1) is 0 Å². The third-order valence-electron chi connectivity index (χ3n) is 1.93. The first-order chi connectivity index (χ1) is 5.82. The Morgan fingerprint density at radius 1 is 1.23 bits per heavy atom. The summed E-state index contributed by atoms with van der Waals surface area (Å²) in [5.74, 6) is 0. The molecule has 0 fully saturated rings. The van der Waals surface area contributed by atoms with Gasteiger partial charge in [0, 0.05) is 16.7 Å². The molecule has 1 aromatic rings. The van der Waals surface area contributed by atoms with Gasteiger partial charge < -0.3 is 4.98 Å². The molecule has 0 aliphatic carbocycles. The Hall–Kier alpha value is -0.900. The summed E-state index contributed by atoms with van der Waals surface area (Å²) in [6.45, 7) is 7.92. The molecule has 1 rings (SSSR count). The molecule has 0 atom stereocenters. The van der Waals surface area contributed by atoms with Crippen molar-refractivity contribution < 1.29 is 0 Å². The average Bonchev–Trinajstić information content (AvgIpc) is 1.94. The number of nitrogens with one attached hydrogen (secondary N) is 2. The van der Waals surface area contributed by atoms with Gasteiger partial charge >= 0.3 is 0 Å². The monoisotopic (exact) mass is 198 g/mol. The first-order valence-corrected chi connectivity index (χ1v) is 4.57. The van der Waals surface area contributed by atoms with Gasteiger partial charge in [0.1, 0.15) is 0 Å². The van der Waals surface area contributed by atoms with Crippen LogP contribution in [0, 0.1) is 11.7 Å². The van der Waals surface area contributed by atoms with Crippen molar-refractivity contribution in [2.24, 2.45) is 0 Å². The zero-order valence-corrected chi connectivity index (χ0v) is 9.13. The minimum absolute atomic E-state index is 0.0775. The molecule has 0 spiro atoms. The lowest BCUT2D eigenvalue weighted by Gasteiger charge is -2.20. The van der Waals surface area contributed by atoms with Crippen LogP contribution in [0.4, 0.5) is 0 Å². The van der Waals surface area contributed by atoms with Gasteiger partial charge in [0.25, 0.3) is 5.56 Å². The Morgan fingerprint density at radius 2 is 1.77 bits per heavy atom. The van der Waals surface area contributed by atoms with Gasteiger partial charge in [0.15, 0.2) is 4.77 Å². The van der Waals surface area contributed by atoms with Crippen LogP contribution < -0.4 is 5.56 Å². The van der Waals surface area contributed by atoms with E-state index in [2.05, 4.69) is 9.97 Å². The molecule has 0 aliphatic heterocycles. The van der Waals surface area contributed by atoms with Gasteiger partial charge in [-0.25, -0.2) is 0 Å². The first-order valence-electron chi connectivity index (χ1n) is 4.16.